The predicted molar refractivity (Wildman–Crippen MR) is 69.9 cm³/mol. The third-order valence-corrected chi connectivity index (χ3v) is 3.84. The molecule has 19 heavy (non-hydrogen) atoms. The van der Waals surface area contributed by atoms with Gasteiger partial charge in [-0.05, 0) is 37.7 Å². The fourth-order valence-corrected chi connectivity index (χ4v) is 2.64. The molecule has 0 saturated carbocycles. The van der Waals surface area contributed by atoms with Crippen molar-refractivity contribution >= 4 is 0 Å². The standard InChI is InChI=1S/C15H20F3N/c16-15(17,18)13-9-10-14(19-11-13)8-4-7-12-5-2-1-3-6-12/h1-3,5-6,13-14,19H,4,7-11H2. The molecule has 1 aromatic rings. The molecule has 0 radical (unpaired) electrons. The van der Waals surface area contributed by atoms with Crippen LogP contribution in [0.5, 0.6) is 0 Å². The van der Waals surface area contributed by atoms with Gasteiger partial charge in [-0.3, -0.25) is 0 Å². The first kappa shape index (κ1) is 14.4. The Morgan fingerprint density at radius 3 is 2.42 bits per heavy atom. The number of piperidine rings is 1. The van der Waals surface area contributed by atoms with Crippen LogP contribution in [0.4, 0.5) is 13.2 Å². The molecule has 1 aliphatic rings. The maximum Gasteiger partial charge on any atom is 0.393 e. The summed E-state index contributed by atoms with van der Waals surface area (Å²) in [5, 5.41) is 3.04. The topological polar surface area (TPSA) is 12.0 Å². The Balaban J connectivity index is 1.66. The van der Waals surface area contributed by atoms with Crippen molar-refractivity contribution in [1.29, 1.82) is 0 Å². The zero-order chi connectivity index (χ0) is 13.7. The van der Waals surface area contributed by atoms with Crippen LogP contribution in [-0.2, 0) is 6.42 Å². The zero-order valence-corrected chi connectivity index (χ0v) is 10.9. The minimum atomic E-state index is -4.04. The Morgan fingerprint density at radius 1 is 1.11 bits per heavy atom. The number of benzene rings is 1. The molecule has 2 rings (SSSR count). The van der Waals surface area contributed by atoms with Gasteiger partial charge in [0.1, 0.15) is 0 Å². The lowest BCUT2D eigenvalue weighted by Gasteiger charge is -2.31. The fourth-order valence-electron chi connectivity index (χ4n) is 2.64. The van der Waals surface area contributed by atoms with Gasteiger partial charge in [-0.15, -0.1) is 0 Å². The quantitative estimate of drug-likeness (QED) is 0.874. The van der Waals surface area contributed by atoms with Crippen molar-refractivity contribution in [2.24, 2.45) is 5.92 Å². The van der Waals surface area contributed by atoms with Gasteiger partial charge >= 0.3 is 6.18 Å². The lowest BCUT2D eigenvalue weighted by Crippen LogP contribution is -2.44. The summed E-state index contributed by atoms with van der Waals surface area (Å²) in [6.45, 7) is 0.0828. The molecule has 1 aromatic carbocycles. The molecule has 0 bridgehead atoms. The molecule has 1 N–H and O–H groups in total. The smallest absolute Gasteiger partial charge is 0.313 e. The Labute approximate surface area is 112 Å². The summed E-state index contributed by atoms with van der Waals surface area (Å²) in [6.07, 6.45) is -0.146. The SMILES string of the molecule is FC(F)(F)C1CCC(CCCc2ccccc2)NC1. The Bertz CT molecular complexity index is 367. The molecule has 1 saturated heterocycles. The molecule has 1 nitrogen and oxygen atoms in total. The number of rotatable bonds is 4. The van der Waals surface area contributed by atoms with Crippen LogP contribution in [0.3, 0.4) is 0 Å². The lowest BCUT2D eigenvalue weighted by atomic mass is 9.91. The molecule has 1 heterocycles. The summed E-state index contributed by atoms with van der Waals surface area (Å²) < 4.78 is 37.5. The van der Waals surface area contributed by atoms with Crippen molar-refractivity contribution in [3.8, 4) is 0 Å². The minimum Gasteiger partial charge on any atom is -0.313 e. The Hall–Kier alpha value is -1.03. The van der Waals surface area contributed by atoms with Crippen molar-refractivity contribution in [1.82, 2.24) is 5.32 Å². The number of aryl methyl sites for hydroxylation is 1. The van der Waals surface area contributed by atoms with Gasteiger partial charge in [-0.2, -0.15) is 13.2 Å². The van der Waals surface area contributed by atoms with Gasteiger partial charge in [0, 0.05) is 12.6 Å². The Morgan fingerprint density at radius 2 is 1.84 bits per heavy atom. The van der Waals surface area contributed by atoms with Gasteiger partial charge in [0.05, 0.1) is 5.92 Å². The van der Waals surface area contributed by atoms with Crippen LogP contribution in [0.15, 0.2) is 30.3 Å². The van der Waals surface area contributed by atoms with E-state index in [1.165, 1.54) is 5.56 Å². The van der Waals surface area contributed by atoms with Crippen LogP contribution in [0.25, 0.3) is 0 Å². The summed E-state index contributed by atoms with van der Waals surface area (Å²) in [5.74, 6) is -1.15. The number of hydrogen-bond donors (Lipinski definition) is 1. The van der Waals surface area contributed by atoms with E-state index in [4.69, 9.17) is 0 Å². The fraction of sp³-hybridized carbons (Fsp3) is 0.600. The molecule has 1 aliphatic heterocycles. The maximum absolute atomic E-state index is 12.5. The van der Waals surface area contributed by atoms with E-state index in [2.05, 4.69) is 17.4 Å². The molecule has 1 fully saturated rings. The van der Waals surface area contributed by atoms with Crippen molar-refractivity contribution in [2.45, 2.75) is 44.3 Å². The number of nitrogens with one attached hydrogen (secondary N) is 1. The average molecular weight is 271 g/mol. The molecule has 0 aliphatic carbocycles. The molecule has 0 amide bonds. The van der Waals surface area contributed by atoms with E-state index in [1.54, 1.807) is 0 Å². The first-order valence-electron chi connectivity index (χ1n) is 6.90. The Kier molecular flexibility index (Phi) is 4.86. The van der Waals surface area contributed by atoms with Gasteiger partial charge < -0.3 is 5.32 Å². The third kappa shape index (κ3) is 4.53. The van der Waals surface area contributed by atoms with Crippen molar-refractivity contribution < 1.29 is 13.2 Å². The number of hydrogen-bond acceptors (Lipinski definition) is 1. The highest BCUT2D eigenvalue weighted by Gasteiger charge is 2.41. The van der Waals surface area contributed by atoms with Crippen LogP contribution in [-0.4, -0.2) is 18.8 Å². The predicted octanol–water partition coefficient (Wildman–Crippen LogP) is 3.94. The molecular formula is C15H20F3N. The summed E-state index contributed by atoms with van der Waals surface area (Å²) in [5.41, 5.74) is 1.30. The summed E-state index contributed by atoms with van der Waals surface area (Å²) >= 11 is 0. The molecule has 2 atom stereocenters. The summed E-state index contributed by atoms with van der Waals surface area (Å²) in [6, 6.07) is 10.5. The second kappa shape index (κ2) is 6.42. The van der Waals surface area contributed by atoms with E-state index < -0.39 is 12.1 Å². The van der Waals surface area contributed by atoms with Gasteiger partial charge in [0.15, 0.2) is 0 Å². The number of alkyl halides is 3. The highest BCUT2D eigenvalue weighted by Crippen LogP contribution is 2.32. The van der Waals surface area contributed by atoms with E-state index in [-0.39, 0.29) is 19.0 Å². The largest absolute Gasteiger partial charge is 0.393 e. The van der Waals surface area contributed by atoms with Crippen LogP contribution >= 0.6 is 0 Å². The highest BCUT2D eigenvalue weighted by molar-refractivity contribution is 5.14. The normalized spacial score (nSPS) is 24.4. The van der Waals surface area contributed by atoms with E-state index in [9.17, 15) is 13.2 Å². The molecule has 4 heteroatoms. The van der Waals surface area contributed by atoms with Gasteiger partial charge in [0.25, 0.3) is 0 Å². The van der Waals surface area contributed by atoms with E-state index in [1.807, 2.05) is 18.2 Å². The molecular weight excluding hydrogens is 251 g/mol. The molecule has 0 spiro atoms. The second-order valence-electron chi connectivity index (χ2n) is 5.30. The first-order chi connectivity index (χ1) is 9.05. The van der Waals surface area contributed by atoms with Crippen LogP contribution < -0.4 is 5.32 Å². The monoisotopic (exact) mass is 271 g/mol. The average Bonchev–Trinajstić information content (AvgIpc) is 2.39. The molecule has 0 aromatic heterocycles. The van der Waals surface area contributed by atoms with Crippen LogP contribution in [0.1, 0.15) is 31.2 Å². The van der Waals surface area contributed by atoms with Crippen molar-refractivity contribution in [3.63, 3.8) is 0 Å². The van der Waals surface area contributed by atoms with E-state index in [0.29, 0.717) is 6.42 Å². The van der Waals surface area contributed by atoms with E-state index in [0.717, 1.165) is 19.3 Å². The first-order valence-corrected chi connectivity index (χ1v) is 6.90. The van der Waals surface area contributed by atoms with E-state index >= 15 is 0 Å². The zero-order valence-electron chi connectivity index (χ0n) is 10.9. The highest BCUT2D eigenvalue weighted by atomic mass is 19.4. The summed E-state index contributed by atoms with van der Waals surface area (Å²) in [4.78, 5) is 0. The minimum absolute atomic E-state index is 0.0828. The van der Waals surface area contributed by atoms with Crippen LogP contribution in [0.2, 0.25) is 0 Å². The maximum atomic E-state index is 12.5. The number of halogens is 3. The molecule has 2 unspecified atom stereocenters. The second-order valence-corrected chi connectivity index (χ2v) is 5.30. The van der Waals surface area contributed by atoms with Crippen molar-refractivity contribution in [3.05, 3.63) is 35.9 Å². The molecule has 106 valence electrons. The van der Waals surface area contributed by atoms with Crippen molar-refractivity contribution in [2.75, 3.05) is 6.54 Å². The van der Waals surface area contributed by atoms with Gasteiger partial charge in [-0.1, -0.05) is 30.3 Å². The third-order valence-electron chi connectivity index (χ3n) is 3.84. The van der Waals surface area contributed by atoms with Crippen LogP contribution in [0, 0.1) is 5.92 Å². The lowest BCUT2D eigenvalue weighted by molar-refractivity contribution is -0.179. The van der Waals surface area contributed by atoms with Gasteiger partial charge in [-0.25, -0.2) is 0 Å². The summed E-state index contributed by atoms with van der Waals surface area (Å²) in [7, 11) is 0. The van der Waals surface area contributed by atoms with Gasteiger partial charge in [0.2, 0.25) is 0 Å².